The molecule has 1 aromatic carbocycles. The van der Waals surface area contributed by atoms with Gasteiger partial charge in [-0.25, -0.2) is 0 Å². The molecule has 2 unspecified atom stereocenters. The van der Waals surface area contributed by atoms with Gasteiger partial charge >= 0.3 is 6.18 Å². The number of nitrogens with one attached hydrogen (secondary N) is 1. The first-order valence-electron chi connectivity index (χ1n) is 7.48. The standard InChI is InChI=1S/C16H22F3NO/c1-2-7-20-15(13-6-8-21-11-13)10-12-4-3-5-14(9-12)16(17,18)19/h3-5,9,13,15,20H,2,6-8,10-11H2,1H3. The summed E-state index contributed by atoms with van der Waals surface area (Å²) in [7, 11) is 0. The van der Waals surface area contributed by atoms with Gasteiger partial charge in [-0.2, -0.15) is 13.2 Å². The molecular weight excluding hydrogens is 279 g/mol. The summed E-state index contributed by atoms with van der Waals surface area (Å²) in [5.74, 6) is 0.381. The molecule has 0 aliphatic carbocycles. The largest absolute Gasteiger partial charge is 0.416 e. The van der Waals surface area contributed by atoms with E-state index >= 15 is 0 Å². The second kappa shape index (κ2) is 7.27. The van der Waals surface area contributed by atoms with Crippen molar-refractivity contribution >= 4 is 0 Å². The summed E-state index contributed by atoms with van der Waals surface area (Å²) in [5, 5.41) is 3.46. The lowest BCUT2D eigenvalue weighted by Crippen LogP contribution is -2.39. The number of rotatable bonds is 6. The van der Waals surface area contributed by atoms with Gasteiger partial charge in [-0.3, -0.25) is 0 Å². The number of alkyl halides is 3. The van der Waals surface area contributed by atoms with E-state index in [4.69, 9.17) is 4.74 Å². The Bertz CT molecular complexity index is 441. The van der Waals surface area contributed by atoms with Gasteiger partial charge in [-0.1, -0.05) is 25.1 Å². The maximum absolute atomic E-state index is 12.8. The smallest absolute Gasteiger partial charge is 0.381 e. The van der Waals surface area contributed by atoms with E-state index < -0.39 is 11.7 Å². The zero-order chi connectivity index (χ0) is 15.3. The third kappa shape index (κ3) is 4.71. The lowest BCUT2D eigenvalue weighted by molar-refractivity contribution is -0.137. The lowest BCUT2D eigenvalue weighted by Gasteiger charge is -2.24. The summed E-state index contributed by atoms with van der Waals surface area (Å²) in [4.78, 5) is 0. The predicted molar refractivity (Wildman–Crippen MR) is 76.2 cm³/mol. The highest BCUT2D eigenvalue weighted by Gasteiger charge is 2.31. The number of ether oxygens (including phenoxy) is 1. The van der Waals surface area contributed by atoms with Crippen LogP contribution in [-0.4, -0.2) is 25.8 Å². The van der Waals surface area contributed by atoms with Gasteiger partial charge in [0.1, 0.15) is 0 Å². The molecule has 1 aromatic rings. The Labute approximate surface area is 123 Å². The van der Waals surface area contributed by atoms with Crippen molar-refractivity contribution in [2.45, 2.75) is 38.4 Å². The first-order valence-corrected chi connectivity index (χ1v) is 7.48. The Morgan fingerprint density at radius 2 is 2.19 bits per heavy atom. The minimum atomic E-state index is -4.28. The molecule has 1 aliphatic heterocycles. The van der Waals surface area contributed by atoms with E-state index in [1.54, 1.807) is 6.07 Å². The molecule has 1 heterocycles. The van der Waals surface area contributed by atoms with Gasteiger partial charge < -0.3 is 10.1 Å². The highest BCUT2D eigenvalue weighted by atomic mass is 19.4. The molecule has 0 amide bonds. The molecule has 2 rings (SSSR count). The van der Waals surface area contributed by atoms with Crippen LogP contribution < -0.4 is 5.32 Å². The van der Waals surface area contributed by atoms with Gasteiger partial charge in [0.25, 0.3) is 0 Å². The van der Waals surface area contributed by atoms with Crippen LogP contribution in [0.2, 0.25) is 0 Å². The molecule has 1 aliphatic rings. The fourth-order valence-corrected chi connectivity index (χ4v) is 2.73. The monoisotopic (exact) mass is 301 g/mol. The van der Waals surface area contributed by atoms with E-state index in [9.17, 15) is 13.2 Å². The summed E-state index contributed by atoms with van der Waals surface area (Å²) < 4.78 is 43.7. The van der Waals surface area contributed by atoms with Gasteiger partial charge in [-0.05, 0) is 37.4 Å². The van der Waals surface area contributed by atoms with Gasteiger partial charge in [0.05, 0.1) is 12.2 Å². The molecule has 2 nitrogen and oxygen atoms in total. The zero-order valence-electron chi connectivity index (χ0n) is 12.2. The third-order valence-electron chi connectivity index (χ3n) is 3.90. The van der Waals surface area contributed by atoms with Crippen LogP contribution in [0.25, 0.3) is 0 Å². The van der Waals surface area contributed by atoms with Crippen LogP contribution in [0.5, 0.6) is 0 Å². The molecule has 21 heavy (non-hydrogen) atoms. The van der Waals surface area contributed by atoms with Gasteiger partial charge in [-0.15, -0.1) is 0 Å². The summed E-state index contributed by atoms with van der Waals surface area (Å²) in [6.07, 6.45) is -1.69. The quantitative estimate of drug-likeness (QED) is 0.866. The van der Waals surface area contributed by atoms with Gasteiger partial charge in [0.2, 0.25) is 0 Å². The molecule has 0 spiro atoms. The zero-order valence-corrected chi connectivity index (χ0v) is 12.2. The minimum absolute atomic E-state index is 0.177. The molecule has 2 atom stereocenters. The topological polar surface area (TPSA) is 21.3 Å². The van der Waals surface area contributed by atoms with Crippen molar-refractivity contribution in [3.8, 4) is 0 Å². The van der Waals surface area contributed by atoms with Gasteiger partial charge in [0, 0.05) is 18.6 Å². The second-order valence-electron chi connectivity index (χ2n) is 5.59. The maximum atomic E-state index is 12.8. The Morgan fingerprint density at radius 1 is 1.38 bits per heavy atom. The maximum Gasteiger partial charge on any atom is 0.416 e. The molecule has 5 heteroatoms. The fraction of sp³-hybridized carbons (Fsp3) is 0.625. The van der Waals surface area contributed by atoms with Crippen LogP contribution >= 0.6 is 0 Å². The Balaban J connectivity index is 2.08. The van der Waals surface area contributed by atoms with E-state index in [0.29, 0.717) is 18.9 Å². The van der Waals surface area contributed by atoms with Crippen molar-refractivity contribution in [1.82, 2.24) is 5.32 Å². The number of benzene rings is 1. The van der Waals surface area contributed by atoms with Crippen LogP contribution in [0, 0.1) is 5.92 Å². The summed E-state index contributed by atoms with van der Waals surface area (Å²) in [6.45, 7) is 4.40. The number of hydrogen-bond donors (Lipinski definition) is 1. The highest BCUT2D eigenvalue weighted by molar-refractivity contribution is 5.26. The minimum Gasteiger partial charge on any atom is -0.381 e. The van der Waals surface area contributed by atoms with Crippen molar-refractivity contribution < 1.29 is 17.9 Å². The van der Waals surface area contributed by atoms with Crippen molar-refractivity contribution in [3.05, 3.63) is 35.4 Å². The average Bonchev–Trinajstić information content (AvgIpc) is 2.97. The Kier molecular flexibility index (Phi) is 5.65. The SMILES string of the molecule is CCCNC(Cc1cccc(C(F)(F)F)c1)C1CCOC1. The molecule has 0 saturated carbocycles. The van der Waals surface area contributed by atoms with Crippen molar-refractivity contribution in [1.29, 1.82) is 0 Å². The van der Waals surface area contributed by atoms with E-state index in [1.165, 1.54) is 12.1 Å². The summed E-state index contributed by atoms with van der Waals surface area (Å²) >= 11 is 0. The summed E-state index contributed by atoms with van der Waals surface area (Å²) in [6, 6.07) is 5.81. The summed E-state index contributed by atoms with van der Waals surface area (Å²) in [5.41, 5.74) is 0.155. The second-order valence-corrected chi connectivity index (χ2v) is 5.59. The van der Waals surface area contributed by atoms with Crippen molar-refractivity contribution in [2.24, 2.45) is 5.92 Å². The first-order chi connectivity index (χ1) is 10.0. The average molecular weight is 301 g/mol. The third-order valence-corrected chi connectivity index (χ3v) is 3.90. The molecule has 0 radical (unpaired) electrons. The van der Waals surface area contributed by atoms with Crippen LogP contribution in [0.4, 0.5) is 13.2 Å². The lowest BCUT2D eigenvalue weighted by atomic mass is 9.92. The Morgan fingerprint density at radius 3 is 2.81 bits per heavy atom. The number of halogens is 3. The van der Waals surface area contributed by atoms with E-state index in [0.717, 1.165) is 37.6 Å². The Hall–Kier alpha value is -1.07. The van der Waals surface area contributed by atoms with Crippen molar-refractivity contribution in [3.63, 3.8) is 0 Å². The molecular formula is C16H22F3NO. The van der Waals surface area contributed by atoms with Crippen LogP contribution in [0.15, 0.2) is 24.3 Å². The molecule has 0 bridgehead atoms. The molecule has 0 aromatic heterocycles. The van der Waals surface area contributed by atoms with E-state index in [1.807, 2.05) is 0 Å². The van der Waals surface area contributed by atoms with Crippen LogP contribution in [0.3, 0.4) is 0 Å². The van der Waals surface area contributed by atoms with Crippen LogP contribution in [0.1, 0.15) is 30.9 Å². The van der Waals surface area contributed by atoms with Crippen molar-refractivity contribution in [2.75, 3.05) is 19.8 Å². The first kappa shape index (κ1) is 16.3. The van der Waals surface area contributed by atoms with Crippen LogP contribution in [-0.2, 0) is 17.3 Å². The van der Waals surface area contributed by atoms with E-state index in [-0.39, 0.29) is 6.04 Å². The normalized spacial score (nSPS) is 20.7. The molecule has 118 valence electrons. The molecule has 1 saturated heterocycles. The number of hydrogen-bond acceptors (Lipinski definition) is 2. The fourth-order valence-electron chi connectivity index (χ4n) is 2.73. The van der Waals surface area contributed by atoms with Gasteiger partial charge in [0.15, 0.2) is 0 Å². The predicted octanol–water partition coefficient (Wildman–Crippen LogP) is 3.65. The molecule has 1 fully saturated rings. The molecule has 1 N–H and O–H groups in total. The highest BCUT2D eigenvalue weighted by Crippen LogP contribution is 2.30. The van der Waals surface area contributed by atoms with E-state index in [2.05, 4.69) is 12.2 Å².